The SMILES string of the molecule is CC/C=C\C/C=C\C/C=C\C/C=C\C/C=C\CCCCCCCCCCCCCCCC(=O)OCC(COC(=O)CCCCCCCCCCCC)OC(=O)CCCCCCCCCCCCCCCCCCCCCCCCCC. The second-order valence-corrected chi connectivity index (χ2v) is 24.1. The molecule has 472 valence electrons. The Hall–Kier alpha value is -2.89. The molecule has 0 aliphatic carbocycles. The predicted octanol–water partition coefficient (Wildman–Crippen LogP) is 24.7. The lowest BCUT2D eigenvalue weighted by molar-refractivity contribution is -0.167. The Morgan fingerprint density at radius 1 is 0.259 bits per heavy atom. The number of allylic oxidation sites excluding steroid dienone is 10. The molecule has 0 N–H and O–H groups in total. The van der Waals surface area contributed by atoms with Gasteiger partial charge in [-0.3, -0.25) is 14.4 Å². The summed E-state index contributed by atoms with van der Waals surface area (Å²) >= 11 is 0. The van der Waals surface area contributed by atoms with Crippen LogP contribution in [0.1, 0.15) is 380 Å². The summed E-state index contributed by atoms with van der Waals surface area (Å²) in [6, 6.07) is 0. The monoisotopic (exact) mass is 1130 g/mol. The zero-order chi connectivity index (χ0) is 58.5. The molecule has 81 heavy (non-hydrogen) atoms. The fourth-order valence-corrected chi connectivity index (χ4v) is 10.7. The van der Waals surface area contributed by atoms with Crippen LogP contribution in [-0.4, -0.2) is 37.2 Å². The van der Waals surface area contributed by atoms with Crippen molar-refractivity contribution in [3.05, 3.63) is 60.8 Å². The molecule has 0 aromatic rings. The highest BCUT2D eigenvalue weighted by Gasteiger charge is 2.19. The highest BCUT2D eigenvalue weighted by molar-refractivity contribution is 5.71. The van der Waals surface area contributed by atoms with Crippen molar-refractivity contribution >= 4 is 17.9 Å². The smallest absolute Gasteiger partial charge is 0.306 e. The molecule has 0 aliphatic heterocycles. The summed E-state index contributed by atoms with van der Waals surface area (Å²) in [5.74, 6) is -0.845. The molecular weight excluding hydrogens is 997 g/mol. The summed E-state index contributed by atoms with van der Waals surface area (Å²) < 4.78 is 17.0. The van der Waals surface area contributed by atoms with Crippen molar-refractivity contribution < 1.29 is 28.6 Å². The van der Waals surface area contributed by atoms with Crippen molar-refractivity contribution in [3.8, 4) is 0 Å². The molecule has 0 saturated carbocycles. The normalized spacial score (nSPS) is 12.4. The van der Waals surface area contributed by atoms with Crippen LogP contribution in [0.2, 0.25) is 0 Å². The molecule has 1 unspecified atom stereocenters. The first kappa shape index (κ1) is 78.1. The minimum Gasteiger partial charge on any atom is -0.462 e. The number of ether oxygens (including phenoxy) is 3. The minimum absolute atomic E-state index is 0.0680. The molecule has 0 aliphatic rings. The number of unbranched alkanes of at least 4 members (excludes halogenated alkanes) is 45. The van der Waals surface area contributed by atoms with Crippen molar-refractivity contribution in [1.29, 1.82) is 0 Å². The summed E-state index contributed by atoms with van der Waals surface area (Å²) in [6.45, 7) is 6.58. The maximum atomic E-state index is 12.9. The van der Waals surface area contributed by atoms with E-state index in [1.165, 1.54) is 250 Å². The lowest BCUT2D eigenvalue weighted by Gasteiger charge is -2.18. The van der Waals surface area contributed by atoms with E-state index >= 15 is 0 Å². The molecular formula is C75H136O6. The molecule has 0 spiro atoms. The first-order valence-electron chi connectivity index (χ1n) is 35.8. The summed E-state index contributed by atoms with van der Waals surface area (Å²) in [6.07, 6.45) is 89.8. The predicted molar refractivity (Wildman–Crippen MR) is 353 cm³/mol. The van der Waals surface area contributed by atoms with E-state index in [9.17, 15) is 14.4 Å². The van der Waals surface area contributed by atoms with Crippen LogP contribution in [0.5, 0.6) is 0 Å². The number of hydrogen-bond donors (Lipinski definition) is 0. The van der Waals surface area contributed by atoms with Crippen molar-refractivity contribution in [2.24, 2.45) is 0 Å². The van der Waals surface area contributed by atoms with Crippen LogP contribution in [0.15, 0.2) is 60.8 Å². The average Bonchev–Trinajstić information content (AvgIpc) is 3.47. The molecule has 6 heteroatoms. The van der Waals surface area contributed by atoms with Gasteiger partial charge in [-0.1, -0.05) is 358 Å². The third-order valence-corrected chi connectivity index (χ3v) is 16.0. The number of carbonyl (C=O) groups excluding carboxylic acids is 3. The van der Waals surface area contributed by atoms with E-state index in [-0.39, 0.29) is 31.1 Å². The average molecular weight is 1130 g/mol. The maximum Gasteiger partial charge on any atom is 0.306 e. The Morgan fingerprint density at radius 3 is 0.753 bits per heavy atom. The number of hydrogen-bond acceptors (Lipinski definition) is 6. The van der Waals surface area contributed by atoms with E-state index in [1.807, 2.05) is 0 Å². The van der Waals surface area contributed by atoms with Crippen LogP contribution < -0.4 is 0 Å². The second kappa shape index (κ2) is 69.6. The first-order valence-corrected chi connectivity index (χ1v) is 35.8. The molecule has 0 fully saturated rings. The Labute approximate surface area is 504 Å². The molecule has 1 atom stereocenters. The van der Waals surface area contributed by atoms with E-state index in [0.29, 0.717) is 19.3 Å². The van der Waals surface area contributed by atoms with E-state index in [4.69, 9.17) is 14.2 Å². The van der Waals surface area contributed by atoms with Gasteiger partial charge in [-0.25, -0.2) is 0 Å². The minimum atomic E-state index is -0.771. The van der Waals surface area contributed by atoms with Crippen molar-refractivity contribution in [1.82, 2.24) is 0 Å². The zero-order valence-electron chi connectivity index (χ0n) is 54.3. The molecule has 0 aromatic heterocycles. The summed E-state index contributed by atoms with van der Waals surface area (Å²) in [5, 5.41) is 0. The fraction of sp³-hybridized carbons (Fsp3) is 0.827. The van der Waals surface area contributed by atoms with Gasteiger partial charge < -0.3 is 14.2 Å². The van der Waals surface area contributed by atoms with Gasteiger partial charge >= 0.3 is 17.9 Å². The summed E-state index contributed by atoms with van der Waals surface area (Å²) in [5.41, 5.74) is 0. The van der Waals surface area contributed by atoms with E-state index in [0.717, 1.165) is 89.9 Å². The van der Waals surface area contributed by atoms with Gasteiger partial charge in [0.15, 0.2) is 6.10 Å². The number of carbonyl (C=O) groups is 3. The van der Waals surface area contributed by atoms with Crippen LogP contribution in [0, 0.1) is 0 Å². The maximum absolute atomic E-state index is 12.9. The molecule has 0 aromatic carbocycles. The largest absolute Gasteiger partial charge is 0.462 e. The lowest BCUT2D eigenvalue weighted by Crippen LogP contribution is -2.30. The highest BCUT2D eigenvalue weighted by atomic mass is 16.6. The van der Waals surface area contributed by atoms with Gasteiger partial charge in [0, 0.05) is 19.3 Å². The van der Waals surface area contributed by atoms with Gasteiger partial charge in [0.2, 0.25) is 0 Å². The molecule has 0 amide bonds. The van der Waals surface area contributed by atoms with Gasteiger partial charge in [0.1, 0.15) is 13.2 Å². The third-order valence-electron chi connectivity index (χ3n) is 16.0. The fourth-order valence-electron chi connectivity index (χ4n) is 10.7. The van der Waals surface area contributed by atoms with Gasteiger partial charge in [-0.2, -0.15) is 0 Å². The van der Waals surface area contributed by atoms with E-state index < -0.39 is 6.10 Å². The van der Waals surface area contributed by atoms with E-state index in [1.54, 1.807) is 0 Å². The Morgan fingerprint density at radius 2 is 0.481 bits per heavy atom. The third kappa shape index (κ3) is 67.8. The quantitative estimate of drug-likeness (QED) is 0.0261. The highest BCUT2D eigenvalue weighted by Crippen LogP contribution is 2.19. The van der Waals surface area contributed by atoms with Gasteiger partial charge in [-0.15, -0.1) is 0 Å². The van der Waals surface area contributed by atoms with Crippen molar-refractivity contribution in [3.63, 3.8) is 0 Å². The van der Waals surface area contributed by atoms with Crippen LogP contribution in [0.4, 0.5) is 0 Å². The number of rotatable bonds is 66. The Balaban J connectivity index is 4.14. The molecule has 0 heterocycles. The first-order chi connectivity index (χ1) is 40.0. The van der Waals surface area contributed by atoms with Crippen LogP contribution in [-0.2, 0) is 28.6 Å². The van der Waals surface area contributed by atoms with Gasteiger partial charge in [0.25, 0.3) is 0 Å². The molecule has 0 bridgehead atoms. The van der Waals surface area contributed by atoms with Crippen LogP contribution >= 0.6 is 0 Å². The van der Waals surface area contributed by atoms with E-state index in [2.05, 4.69) is 81.5 Å². The Kier molecular flexibility index (Phi) is 67.1. The molecule has 0 rings (SSSR count). The topological polar surface area (TPSA) is 78.9 Å². The van der Waals surface area contributed by atoms with Crippen molar-refractivity contribution in [2.75, 3.05) is 13.2 Å². The second-order valence-electron chi connectivity index (χ2n) is 24.1. The van der Waals surface area contributed by atoms with Crippen molar-refractivity contribution in [2.45, 2.75) is 386 Å². The van der Waals surface area contributed by atoms with Crippen LogP contribution in [0.25, 0.3) is 0 Å². The number of esters is 3. The van der Waals surface area contributed by atoms with Crippen LogP contribution in [0.3, 0.4) is 0 Å². The standard InChI is InChI=1S/C75H136O6/c1-4-7-10-13-16-19-22-24-26-28-30-32-34-36-37-38-39-40-42-43-45-47-49-51-53-56-59-62-65-68-74(77)80-71-72(70-79-73(76)67-64-61-58-55-21-18-15-12-9-6-3)81-75(78)69-66-63-60-57-54-52-50-48-46-44-41-35-33-31-29-27-25-23-20-17-14-11-8-5-2/h7,10,16,19,24,26,30,32,36-37,72H,4-6,8-9,11-15,17-18,20-23,25,27-29,31,33-35,38-71H2,1-3H3/b10-7-,19-16-,26-24-,32-30-,37-36-. The summed E-state index contributed by atoms with van der Waals surface area (Å²) in [7, 11) is 0. The van der Waals surface area contributed by atoms with Gasteiger partial charge in [0.05, 0.1) is 0 Å². The Bertz CT molecular complexity index is 1440. The molecule has 0 saturated heterocycles. The summed E-state index contributed by atoms with van der Waals surface area (Å²) in [4.78, 5) is 38.4. The zero-order valence-corrected chi connectivity index (χ0v) is 54.3. The molecule has 0 radical (unpaired) electrons. The van der Waals surface area contributed by atoms with Gasteiger partial charge in [-0.05, 0) is 64.2 Å². The molecule has 6 nitrogen and oxygen atoms in total. The lowest BCUT2D eigenvalue weighted by atomic mass is 10.0.